The van der Waals surface area contributed by atoms with E-state index in [9.17, 15) is 8.42 Å². The molecule has 0 aromatic carbocycles. The van der Waals surface area contributed by atoms with E-state index in [-0.39, 0.29) is 5.75 Å². The minimum absolute atomic E-state index is 0.128. The van der Waals surface area contributed by atoms with Gasteiger partial charge in [0.25, 0.3) is 0 Å². The molecule has 2 rings (SSSR count). The lowest BCUT2D eigenvalue weighted by Crippen LogP contribution is -2.68. The Bertz CT molecular complexity index is 497. The van der Waals surface area contributed by atoms with E-state index in [1.54, 1.807) is 6.20 Å². The third-order valence-electron chi connectivity index (χ3n) is 3.48. The summed E-state index contributed by atoms with van der Waals surface area (Å²) in [5, 5.41) is 2.22. The maximum absolute atomic E-state index is 12.2. The van der Waals surface area contributed by atoms with Crippen LogP contribution in [0.4, 0.5) is 0 Å². The van der Waals surface area contributed by atoms with Gasteiger partial charge in [-0.2, -0.15) is 0 Å². The molecule has 1 aliphatic rings. The quantitative estimate of drug-likeness (QED) is 0.788. The summed E-state index contributed by atoms with van der Waals surface area (Å²) in [5.41, 5.74) is 6.23. The molecule has 6 heteroatoms. The number of sulfone groups is 1. The summed E-state index contributed by atoms with van der Waals surface area (Å²) in [4.78, 5) is 4.28. The predicted octanol–water partition coefficient (Wildman–Crippen LogP) is 0.0322. The van der Waals surface area contributed by atoms with E-state index in [1.165, 1.54) is 0 Å². The minimum atomic E-state index is -3.28. The molecule has 0 radical (unpaired) electrons. The Morgan fingerprint density at radius 2 is 2.22 bits per heavy atom. The van der Waals surface area contributed by atoms with Gasteiger partial charge in [0.05, 0.1) is 16.9 Å². The molecule has 5 nitrogen and oxygen atoms in total. The molecule has 1 aromatic rings. The zero-order valence-electron chi connectivity index (χ0n) is 10.5. The van der Waals surface area contributed by atoms with Crippen LogP contribution in [0, 0.1) is 0 Å². The van der Waals surface area contributed by atoms with Gasteiger partial charge in [-0.3, -0.25) is 4.98 Å². The summed E-state index contributed by atoms with van der Waals surface area (Å²) in [6.07, 6.45) is 2.26. The Morgan fingerprint density at radius 1 is 1.50 bits per heavy atom. The van der Waals surface area contributed by atoms with Crippen LogP contribution in [0.15, 0.2) is 24.4 Å². The second kappa shape index (κ2) is 4.95. The van der Waals surface area contributed by atoms with E-state index in [4.69, 9.17) is 5.73 Å². The molecule has 3 N–H and O–H groups in total. The first-order valence-electron chi connectivity index (χ1n) is 6.12. The van der Waals surface area contributed by atoms with E-state index in [1.807, 2.05) is 25.1 Å². The first kappa shape index (κ1) is 13.5. The molecule has 1 saturated heterocycles. The van der Waals surface area contributed by atoms with Crippen LogP contribution in [0.1, 0.15) is 19.0 Å². The van der Waals surface area contributed by atoms with Gasteiger partial charge in [0.15, 0.2) is 9.84 Å². The van der Waals surface area contributed by atoms with Crippen molar-refractivity contribution in [3.05, 3.63) is 30.1 Å². The average molecular weight is 269 g/mol. The molecule has 2 heterocycles. The van der Waals surface area contributed by atoms with Crippen molar-refractivity contribution in [2.24, 2.45) is 5.73 Å². The van der Waals surface area contributed by atoms with Gasteiger partial charge in [-0.1, -0.05) is 13.0 Å². The SMILES string of the molecule is CCCS(=O)(=O)C(N)C1(c2ccccn2)CNC1. The summed E-state index contributed by atoms with van der Waals surface area (Å²) < 4.78 is 24.3. The zero-order valence-corrected chi connectivity index (χ0v) is 11.3. The van der Waals surface area contributed by atoms with Gasteiger partial charge in [-0.25, -0.2) is 8.42 Å². The highest BCUT2D eigenvalue weighted by Crippen LogP contribution is 2.32. The maximum Gasteiger partial charge on any atom is 0.166 e. The van der Waals surface area contributed by atoms with Crippen LogP contribution in [-0.2, 0) is 15.3 Å². The Hall–Kier alpha value is -0.980. The summed E-state index contributed by atoms with van der Waals surface area (Å²) in [5.74, 6) is 0.128. The fraction of sp³-hybridized carbons (Fsp3) is 0.583. The molecule has 0 bridgehead atoms. The lowest BCUT2D eigenvalue weighted by atomic mass is 9.78. The van der Waals surface area contributed by atoms with Crippen LogP contribution in [0.2, 0.25) is 0 Å². The number of hydrogen-bond donors (Lipinski definition) is 2. The van der Waals surface area contributed by atoms with Gasteiger partial charge < -0.3 is 11.1 Å². The van der Waals surface area contributed by atoms with Crippen LogP contribution < -0.4 is 11.1 Å². The molecular weight excluding hydrogens is 250 g/mol. The molecule has 0 saturated carbocycles. The average Bonchev–Trinajstić information content (AvgIpc) is 2.29. The van der Waals surface area contributed by atoms with Crippen molar-refractivity contribution in [2.75, 3.05) is 18.8 Å². The Kier molecular flexibility index (Phi) is 3.70. The summed E-state index contributed by atoms with van der Waals surface area (Å²) in [7, 11) is -3.28. The normalized spacial score (nSPS) is 20.1. The Balaban J connectivity index is 2.34. The van der Waals surface area contributed by atoms with Crippen molar-refractivity contribution in [2.45, 2.75) is 24.1 Å². The van der Waals surface area contributed by atoms with E-state index < -0.39 is 20.6 Å². The number of nitrogens with one attached hydrogen (secondary N) is 1. The summed E-state index contributed by atoms with van der Waals surface area (Å²) in [6.45, 7) is 2.97. The highest BCUT2D eigenvalue weighted by atomic mass is 32.2. The van der Waals surface area contributed by atoms with E-state index in [2.05, 4.69) is 10.3 Å². The molecule has 1 aliphatic heterocycles. The van der Waals surface area contributed by atoms with Crippen molar-refractivity contribution in [3.63, 3.8) is 0 Å². The summed E-state index contributed by atoms with van der Waals surface area (Å²) >= 11 is 0. The molecule has 0 amide bonds. The van der Waals surface area contributed by atoms with Gasteiger partial charge in [0, 0.05) is 19.3 Å². The molecule has 1 atom stereocenters. The molecule has 1 aromatic heterocycles. The van der Waals surface area contributed by atoms with Crippen molar-refractivity contribution in [1.82, 2.24) is 10.3 Å². The number of hydrogen-bond acceptors (Lipinski definition) is 5. The first-order chi connectivity index (χ1) is 8.53. The largest absolute Gasteiger partial charge is 0.315 e. The maximum atomic E-state index is 12.2. The van der Waals surface area contributed by atoms with Gasteiger partial charge in [-0.05, 0) is 18.6 Å². The van der Waals surface area contributed by atoms with E-state index >= 15 is 0 Å². The third kappa shape index (κ3) is 2.15. The number of nitrogens with zero attached hydrogens (tertiary/aromatic N) is 1. The van der Waals surface area contributed by atoms with Crippen LogP contribution in [0.25, 0.3) is 0 Å². The molecule has 100 valence electrons. The molecule has 0 spiro atoms. The van der Waals surface area contributed by atoms with Crippen molar-refractivity contribution < 1.29 is 8.42 Å². The fourth-order valence-electron chi connectivity index (χ4n) is 2.33. The topological polar surface area (TPSA) is 85.1 Å². The second-order valence-electron chi connectivity index (χ2n) is 4.76. The van der Waals surface area contributed by atoms with Crippen LogP contribution in [-0.4, -0.2) is 37.6 Å². The number of rotatable bonds is 5. The highest BCUT2D eigenvalue weighted by Gasteiger charge is 2.50. The lowest BCUT2D eigenvalue weighted by Gasteiger charge is -2.45. The van der Waals surface area contributed by atoms with Crippen molar-refractivity contribution >= 4 is 9.84 Å². The van der Waals surface area contributed by atoms with Gasteiger partial charge >= 0.3 is 0 Å². The molecule has 1 unspecified atom stereocenters. The van der Waals surface area contributed by atoms with Crippen LogP contribution in [0.5, 0.6) is 0 Å². The predicted molar refractivity (Wildman–Crippen MR) is 70.8 cm³/mol. The zero-order chi connectivity index (χ0) is 13.2. The van der Waals surface area contributed by atoms with Gasteiger partial charge in [0.1, 0.15) is 5.37 Å². The second-order valence-corrected chi connectivity index (χ2v) is 7.00. The summed E-state index contributed by atoms with van der Waals surface area (Å²) in [6, 6.07) is 5.53. The lowest BCUT2D eigenvalue weighted by molar-refractivity contribution is 0.256. The molecule has 1 fully saturated rings. The van der Waals surface area contributed by atoms with Crippen molar-refractivity contribution in [3.8, 4) is 0 Å². The Labute approximate surface area is 108 Å². The molecule has 18 heavy (non-hydrogen) atoms. The van der Waals surface area contributed by atoms with Gasteiger partial charge in [-0.15, -0.1) is 0 Å². The fourth-order valence-corrected chi connectivity index (χ4v) is 4.13. The minimum Gasteiger partial charge on any atom is -0.315 e. The third-order valence-corrected chi connectivity index (χ3v) is 5.68. The van der Waals surface area contributed by atoms with E-state index in [0.29, 0.717) is 19.5 Å². The Morgan fingerprint density at radius 3 is 2.67 bits per heavy atom. The highest BCUT2D eigenvalue weighted by molar-refractivity contribution is 7.92. The number of pyridine rings is 1. The van der Waals surface area contributed by atoms with Gasteiger partial charge in [0.2, 0.25) is 0 Å². The smallest absolute Gasteiger partial charge is 0.166 e. The molecule has 0 aliphatic carbocycles. The van der Waals surface area contributed by atoms with Crippen LogP contribution >= 0.6 is 0 Å². The van der Waals surface area contributed by atoms with Crippen molar-refractivity contribution in [1.29, 1.82) is 0 Å². The standard InChI is InChI=1S/C12H19N3O2S/c1-2-7-18(16,17)11(13)12(8-14-9-12)10-5-3-4-6-15-10/h3-6,11,14H,2,7-9,13H2,1H3. The molecular formula is C12H19N3O2S. The van der Waals surface area contributed by atoms with E-state index in [0.717, 1.165) is 5.69 Å². The van der Waals surface area contributed by atoms with Crippen LogP contribution in [0.3, 0.4) is 0 Å². The number of aromatic nitrogens is 1. The monoisotopic (exact) mass is 269 g/mol. The number of nitrogens with two attached hydrogens (primary N) is 1. The first-order valence-corrected chi connectivity index (χ1v) is 7.84.